The van der Waals surface area contributed by atoms with Crippen LogP contribution < -0.4 is 15.4 Å². The van der Waals surface area contributed by atoms with E-state index in [0.717, 1.165) is 27.6 Å². The Balaban J connectivity index is 1.46. The first-order valence-electron chi connectivity index (χ1n) is 13.6. The van der Waals surface area contributed by atoms with E-state index >= 15 is 4.39 Å². The molecule has 0 aliphatic rings. The normalized spacial score (nSPS) is 12.4. The van der Waals surface area contributed by atoms with Gasteiger partial charge in [0.15, 0.2) is 0 Å². The van der Waals surface area contributed by atoms with Crippen molar-refractivity contribution < 1.29 is 23.8 Å². The number of carbonyl (C=O) groups is 2. The van der Waals surface area contributed by atoms with Gasteiger partial charge in [-0.3, -0.25) is 9.59 Å². The molecule has 0 aliphatic heterocycles. The van der Waals surface area contributed by atoms with Crippen LogP contribution in [0.4, 0.5) is 4.39 Å². The number of benzene rings is 3. The summed E-state index contributed by atoms with van der Waals surface area (Å²) in [7, 11) is 3.17. The molecule has 3 N–H and O–H groups in total. The fraction of sp³-hybridized carbons (Fsp3) is 0.281. The van der Waals surface area contributed by atoms with E-state index in [4.69, 9.17) is 4.74 Å². The van der Waals surface area contributed by atoms with Crippen LogP contribution in [0.5, 0.6) is 5.75 Å². The number of hydrogen-bond acceptors (Lipinski definition) is 7. The Morgan fingerprint density at radius 1 is 1.05 bits per heavy atom. The summed E-state index contributed by atoms with van der Waals surface area (Å²) in [5.74, 6) is -1.45. The van der Waals surface area contributed by atoms with E-state index in [-0.39, 0.29) is 24.2 Å². The van der Waals surface area contributed by atoms with E-state index in [9.17, 15) is 14.7 Å². The van der Waals surface area contributed by atoms with E-state index in [1.807, 2.05) is 66.9 Å². The number of methoxy groups -OCH3 is 1. The lowest BCUT2D eigenvalue weighted by Gasteiger charge is -2.25. The van der Waals surface area contributed by atoms with E-state index in [1.54, 1.807) is 14.2 Å². The first-order valence-corrected chi connectivity index (χ1v) is 14.4. The number of nitrogens with zero attached hydrogens (tertiary/aromatic N) is 2. The average Bonchev–Trinajstić information content (AvgIpc) is 3.41. The number of nitrogens with one attached hydrogen (secondary N) is 2. The van der Waals surface area contributed by atoms with E-state index in [0.29, 0.717) is 13.0 Å². The highest BCUT2D eigenvalue weighted by Crippen LogP contribution is 2.19. The van der Waals surface area contributed by atoms with Gasteiger partial charge >= 0.3 is 0 Å². The predicted molar refractivity (Wildman–Crippen MR) is 161 cm³/mol. The molecule has 0 spiro atoms. The van der Waals surface area contributed by atoms with Crippen LogP contribution in [0.2, 0.25) is 0 Å². The molecule has 0 saturated carbocycles. The van der Waals surface area contributed by atoms with Crippen LogP contribution >= 0.6 is 11.3 Å². The van der Waals surface area contributed by atoms with E-state index < -0.39 is 29.8 Å². The highest BCUT2D eigenvalue weighted by molar-refractivity contribution is 7.09. The number of ether oxygens (including phenoxy) is 1. The number of aliphatic hydroxyl groups is 1. The molecule has 2 atom stereocenters. The SMILES string of the molecule is COc1cccc(CNCC(O)C(Cc2ccccc2)NC(=O)c2cccc(C(=O)N(C)Cc3nc(C)cs3)c2F)c1. The standard InChI is InChI=1S/C32H35FN4O4S/c1-21-20-42-29(35-21)19-37(2)32(40)26-14-8-13-25(30(26)33)31(39)36-27(16-22-9-5-4-6-10-22)28(38)18-34-17-23-11-7-12-24(15-23)41-3/h4-15,20,27-28,34,38H,16-19H2,1-3H3,(H,36,39). The van der Waals surface area contributed by atoms with Gasteiger partial charge in [-0.1, -0.05) is 48.5 Å². The fourth-order valence-electron chi connectivity index (χ4n) is 4.51. The van der Waals surface area contributed by atoms with Gasteiger partial charge in [0.1, 0.15) is 16.6 Å². The highest BCUT2D eigenvalue weighted by atomic mass is 32.1. The van der Waals surface area contributed by atoms with Gasteiger partial charge in [-0.05, 0) is 48.7 Å². The van der Waals surface area contributed by atoms with Gasteiger partial charge in [-0.25, -0.2) is 9.37 Å². The minimum atomic E-state index is -0.986. The number of halogens is 1. The van der Waals surface area contributed by atoms with Crippen molar-refractivity contribution in [3.8, 4) is 5.75 Å². The molecule has 0 fully saturated rings. The number of rotatable bonds is 13. The first-order chi connectivity index (χ1) is 20.2. The van der Waals surface area contributed by atoms with Gasteiger partial charge in [0.05, 0.1) is 36.9 Å². The molecule has 0 bridgehead atoms. The summed E-state index contributed by atoms with van der Waals surface area (Å²) in [6, 6.07) is 20.4. The molecule has 4 rings (SSSR count). The number of carbonyl (C=O) groups excluding carboxylic acids is 2. The largest absolute Gasteiger partial charge is 0.497 e. The summed E-state index contributed by atoms with van der Waals surface area (Å²) in [5, 5.41) is 19.7. The van der Waals surface area contributed by atoms with E-state index in [2.05, 4.69) is 15.6 Å². The Bertz CT molecular complexity index is 1500. The van der Waals surface area contributed by atoms with Crippen molar-refractivity contribution in [2.75, 3.05) is 20.7 Å². The minimum absolute atomic E-state index is 0.178. The minimum Gasteiger partial charge on any atom is -0.497 e. The number of aromatic nitrogens is 1. The molecular weight excluding hydrogens is 555 g/mol. The maximum atomic E-state index is 15.6. The van der Waals surface area contributed by atoms with Gasteiger partial charge in [-0.2, -0.15) is 0 Å². The van der Waals surface area contributed by atoms with Crippen molar-refractivity contribution >= 4 is 23.2 Å². The van der Waals surface area contributed by atoms with E-state index in [1.165, 1.54) is 34.4 Å². The van der Waals surface area contributed by atoms with Crippen LogP contribution in [0.1, 0.15) is 42.5 Å². The Morgan fingerprint density at radius 3 is 2.48 bits per heavy atom. The second-order valence-electron chi connectivity index (χ2n) is 10.0. The molecule has 3 aromatic carbocycles. The first kappa shape index (κ1) is 30.8. The molecule has 42 heavy (non-hydrogen) atoms. The van der Waals surface area contributed by atoms with Crippen molar-refractivity contribution in [1.82, 2.24) is 20.5 Å². The van der Waals surface area contributed by atoms with Gasteiger partial charge < -0.3 is 25.4 Å². The Hall–Kier alpha value is -4.12. The molecule has 4 aromatic rings. The number of aliphatic hydroxyl groups excluding tert-OH is 1. The Kier molecular flexibility index (Phi) is 10.8. The van der Waals surface area contributed by atoms with Gasteiger partial charge in [0, 0.05) is 31.2 Å². The molecule has 0 aliphatic carbocycles. The quantitative estimate of drug-likeness (QED) is 0.214. The van der Waals surface area contributed by atoms with Crippen LogP contribution in [-0.4, -0.2) is 59.7 Å². The second-order valence-corrected chi connectivity index (χ2v) is 11.0. The maximum Gasteiger partial charge on any atom is 0.256 e. The van der Waals surface area contributed by atoms with Crippen LogP contribution in [0.15, 0.2) is 78.2 Å². The zero-order chi connectivity index (χ0) is 30.1. The maximum absolute atomic E-state index is 15.6. The monoisotopic (exact) mass is 590 g/mol. The summed E-state index contributed by atoms with van der Waals surface area (Å²) >= 11 is 1.42. The van der Waals surface area contributed by atoms with Crippen molar-refractivity contribution in [3.05, 3.63) is 117 Å². The zero-order valence-electron chi connectivity index (χ0n) is 23.8. The molecule has 220 valence electrons. The number of amides is 2. The third-order valence-corrected chi connectivity index (χ3v) is 7.71. The summed E-state index contributed by atoms with van der Waals surface area (Å²) in [6.45, 7) is 2.74. The average molecular weight is 591 g/mol. The molecule has 0 radical (unpaired) electrons. The summed E-state index contributed by atoms with van der Waals surface area (Å²) < 4.78 is 20.9. The molecule has 1 aromatic heterocycles. The predicted octanol–water partition coefficient (Wildman–Crippen LogP) is 4.36. The topological polar surface area (TPSA) is 104 Å². The summed E-state index contributed by atoms with van der Waals surface area (Å²) in [4.78, 5) is 32.1. The highest BCUT2D eigenvalue weighted by Gasteiger charge is 2.26. The lowest BCUT2D eigenvalue weighted by atomic mass is 10.00. The number of aryl methyl sites for hydroxylation is 1. The van der Waals surface area contributed by atoms with Gasteiger partial charge in [0.25, 0.3) is 11.8 Å². The summed E-state index contributed by atoms with van der Waals surface area (Å²) in [6.07, 6.45) is -0.661. The molecule has 0 saturated heterocycles. The van der Waals surface area contributed by atoms with Crippen molar-refractivity contribution in [2.24, 2.45) is 0 Å². The van der Waals surface area contributed by atoms with Crippen LogP contribution in [-0.2, 0) is 19.5 Å². The molecule has 10 heteroatoms. The molecule has 1 heterocycles. The van der Waals surface area contributed by atoms with Crippen LogP contribution in [0.3, 0.4) is 0 Å². The van der Waals surface area contributed by atoms with Crippen molar-refractivity contribution in [2.45, 2.75) is 38.6 Å². The van der Waals surface area contributed by atoms with Gasteiger partial charge in [0.2, 0.25) is 0 Å². The second kappa shape index (κ2) is 14.7. The molecule has 8 nitrogen and oxygen atoms in total. The molecule has 2 unspecified atom stereocenters. The Morgan fingerprint density at radius 2 is 1.76 bits per heavy atom. The number of thiazole rings is 1. The molecule has 2 amide bonds. The zero-order valence-corrected chi connectivity index (χ0v) is 24.7. The summed E-state index contributed by atoms with van der Waals surface area (Å²) in [5.41, 5.74) is 2.25. The lowest BCUT2D eigenvalue weighted by Crippen LogP contribution is -2.48. The third-order valence-electron chi connectivity index (χ3n) is 6.76. The van der Waals surface area contributed by atoms with Gasteiger partial charge in [-0.15, -0.1) is 11.3 Å². The third kappa shape index (κ3) is 8.22. The van der Waals surface area contributed by atoms with Crippen molar-refractivity contribution in [3.63, 3.8) is 0 Å². The van der Waals surface area contributed by atoms with Crippen LogP contribution in [0.25, 0.3) is 0 Å². The lowest BCUT2D eigenvalue weighted by molar-refractivity contribution is 0.0779. The van der Waals surface area contributed by atoms with Crippen LogP contribution in [0, 0.1) is 12.7 Å². The smallest absolute Gasteiger partial charge is 0.256 e. The van der Waals surface area contributed by atoms with Crippen molar-refractivity contribution in [1.29, 1.82) is 0 Å². The fourth-order valence-corrected chi connectivity index (χ4v) is 5.34. The Labute approximate surface area is 249 Å². The number of hydrogen-bond donors (Lipinski definition) is 3. The molecular formula is C32H35FN4O4S.